The van der Waals surface area contributed by atoms with Crippen LogP contribution >= 0.6 is 0 Å². The standard InChI is InChI=1S/C11H17N3O4/c1-7-11(16,3-4-18-7)5-12-9-8(17-2)10(15)14-6-13-9/h6-7,16H,3-5H2,1-2H3,(H2,12,13,14,15). The molecule has 3 N–H and O–H groups in total. The molecule has 0 aliphatic carbocycles. The van der Waals surface area contributed by atoms with Gasteiger partial charge in [0.25, 0.3) is 5.56 Å². The van der Waals surface area contributed by atoms with Gasteiger partial charge in [0.15, 0.2) is 5.82 Å². The SMILES string of the molecule is COc1c(NCC2(O)CCOC2C)nc[nH]c1=O. The Balaban J connectivity index is 2.11. The molecule has 100 valence electrons. The fourth-order valence-electron chi connectivity index (χ4n) is 1.94. The first kappa shape index (κ1) is 12.8. The first-order valence-corrected chi connectivity index (χ1v) is 5.76. The van der Waals surface area contributed by atoms with E-state index in [1.165, 1.54) is 13.4 Å². The Morgan fingerprint density at radius 1 is 1.78 bits per heavy atom. The number of ether oxygens (including phenoxy) is 2. The maximum Gasteiger partial charge on any atom is 0.295 e. The Morgan fingerprint density at radius 3 is 3.17 bits per heavy atom. The molecule has 7 heteroatoms. The number of rotatable bonds is 4. The molecule has 1 saturated heterocycles. The molecule has 18 heavy (non-hydrogen) atoms. The van der Waals surface area contributed by atoms with Crippen LogP contribution in [0.15, 0.2) is 11.1 Å². The van der Waals surface area contributed by atoms with Crippen LogP contribution in [0.2, 0.25) is 0 Å². The lowest BCUT2D eigenvalue weighted by Crippen LogP contribution is -2.43. The van der Waals surface area contributed by atoms with Crippen molar-refractivity contribution >= 4 is 5.82 Å². The number of methoxy groups -OCH3 is 1. The van der Waals surface area contributed by atoms with Crippen LogP contribution in [0.3, 0.4) is 0 Å². The first-order chi connectivity index (χ1) is 8.57. The number of anilines is 1. The molecule has 2 unspecified atom stereocenters. The molecule has 1 aromatic heterocycles. The molecule has 1 fully saturated rings. The van der Waals surface area contributed by atoms with Gasteiger partial charge >= 0.3 is 0 Å². The van der Waals surface area contributed by atoms with Crippen LogP contribution in [0.5, 0.6) is 5.75 Å². The lowest BCUT2D eigenvalue weighted by Gasteiger charge is -2.26. The number of aromatic amines is 1. The maximum atomic E-state index is 11.5. The lowest BCUT2D eigenvalue weighted by atomic mass is 9.97. The summed E-state index contributed by atoms with van der Waals surface area (Å²) in [6.07, 6.45) is 1.58. The first-order valence-electron chi connectivity index (χ1n) is 5.76. The second kappa shape index (κ2) is 4.95. The van der Waals surface area contributed by atoms with Crippen molar-refractivity contribution in [1.29, 1.82) is 0 Å². The van der Waals surface area contributed by atoms with Crippen molar-refractivity contribution in [2.45, 2.75) is 25.0 Å². The smallest absolute Gasteiger partial charge is 0.295 e. The zero-order valence-electron chi connectivity index (χ0n) is 10.4. The molecule has 0 amide bonds. The van der Waals surface area contributed by atoms with E-state index in [0.717, 1.165) is 0 Å². The molecule has 1 aliphatic rings. The summed E-state index contributed by atoms with van der Waals surface area (Å²) in [5.74, 6) is 0.418. The Bertz CT molecular complexity index is 476. The van der Waals surface area contributed by atoms with E-state index >= 15 is 0 Å². The monoisotopic (exact) mass is 255 g/mol. The topological polar surface area (TPSA) is 96.5 Å². The predicted molar refractivity (Wildman–Crippen MR) is 64.9 cm³/mol. The third-order valence-corrected chi connectivity index (χ3v) is 3.24. The molecule has 0 aromatic carbocycles. The van der Waals surface area contributed by atoms with E-state index < -0.39 is 5.60 Å². The number of nitrogens with one attached hydrogen (secondary N) is 2. The van der Waals surface area contributed by atoms with Gasteiger partial charge in [-0.2, -0.15) is 0 Å². The molecule has 2 heterocycles. The van der Waals surface area contributed by atoms with Crippen LogP contribution in [0, 0.1) is 0 Å². The number of nitrogens with zero attached hydrogens (tertiary/aromatic N) is 1. The number of hydrogen-bond acceptors (Lipinski definition) is 6. The van der Waals surface area contributed by atoms with Crippen LogP contribution in [-0.4, -0.2) is 47.0 Å². The van der Waals surface area contributed by atoms with Gasteiger partial charge in [0.1, 0.15) is 5.60 Å². The Labute approximate surface area is 104 Å². The lowest BCUT2D eigenvalue weighted by molar-refractivity contribution is -0.0176. The summed E-state index contributed by atoms with van der Waals surface area (Å²) in [5, 5.41) is 13.2. The molecule has 0 bridgehead atoms. The third kappa shape index (κ3) is 2.32. The van der Waals surface area contributed by atoms with Crippen molar-refractivity contribution in [3.8, 4) is 5.75 Å². The fraction of sp³-hybridized carbons (Fsp3) is 0.636. The molecule has 1 aliphatic heterocycles. The van der Waals surface area contributed by atoms with E-state index in [0.29, 0.717) is 18.8 Å². The number of aliphatic hydroxyl groups is 1. The van der Waals surface area contributed by atoms with Gasteiger partial charge in [0.05, 0.1) is 19.5 Å². The molecule has 7 nitrogen and oxygen atoms in total. The van der Waals surface area contributed by atoms with Crippen molar-refractivity contribution < 1.29 is 14.6 Å². The second-order valence-corrected chi connectivity index (χ2v) is 4.33. The molecule has 2 rings (SSSR count). The van der Waals surface area contributed by atoms with Gasteiger partial charge in [0.2, 0.25) is 5.75 Å². The van der Waals surface area contributed by atoms with Crippen molar-refractivity contribution in [3.05, 3.63) is 16.7 Å². The highest BCUT2D eigenvalue weighted by molar-refractivity contribution is 5.48. The van der Waals surface area contributed by atoms with Gasteiger partial charge in [-0.3, -0.25) is 4.79 Å². The molecule has 0 saturated carbocycles. The minimum absolute atomic E-state index is 0.104. The minimum Gasteiger partial charge on any atom is -0.489 e. The zero-order valence-corrected chi connectivity index (χ0v) is 10.4. The van der Waals surface area contributed by atoms with E-state index in [9.17, 15) is 9.90 Å². The third-order valence-electron chi connectivity index (χ3n) is 3.24. The summed E-state index contributed by atoms with van der Waals surface area (Å²) in [4.78, 5) is 17.9. The van der Waals surface area contributed by atoms with Crippen LogP contribution in [0.25, 0.3) is 0 Å². The van der Waals surface area contributed by atoms with Crippen LogP contribution in [0.1, 0.15) is 13.3 Å². The Hall–Kier alpha value is -1.60. The van der Waals surface area contributed by atoms with Crippen molar-refractivity contribution in [3.63, 3.8) is 0 Å². The van der Waals surface area contributed by atoms with Gasteiger partial charge in [-0.15, -0.1) is 0 Å². The van der Waals surface area contributed by atoms with Gasteiger partial charge in [0, 0.05) is 19.6 Å². The molecule has 1 aromatic rings. The summed E-state index contributed by atoms with van der Waals surface area (Å²) in [6.45, 7) is 2.59. The molecule has 0 radical (unpaired) electrons. The van der Waals surface area contributed by atoms with Gasteiger partial charge in [-0.25, -0.2) is 4.98 Å². The Morgan fingerprint density at radius 2 is 2.56 bits per heavy atom. The number of hydrogen-bond donors (Lipinski definition) is 3. The highest BCUT2D eigenvalue weighted by Gasteiger charge is 2.39. The number of aromatic nitrogens is 2. The largest absolute Gasteiger partial charge is 0.489 e. The zero-order chi connectivity index (χ0) is 13.2. The van der Waals surface area contributed by atoms with E-state index in [4.69, 9.17) is 9.47 Å². The average Bonchev–Trinajstić information content (AvgIpc) is 2.68. The van der Waals surface area contributed by atoms with Crippen molar-refractivity contribution in [2.75, 3.05) is 25.6 Å². The van der Waals surface area contributed by atoms with Crippen LogP contribution < -0.4 is 15.6 Å². The summed E-state index contributed by atoms with van der Waals surface area (Å²) in [7, 11) is 1.40. The van der Waals surface area contributed by atoms with E-state index in [2.05, 4.69) is 15.3 Å². The second-order valence-electron chi connectivity index (χ2n) is 4.33. The minimum atomic E-state index is -0.949. The highest BCUT2D eigenvalue weighted by Crippen LogP contribution is 2.26. The van der Waals surface area contributed by atoms with Gasteiger partial charge in [-0.1, -0.05) is 0 Å². The maximum absolute atomic E-state index is 11.5. The van der Waals surface area contributed by atoms with E-state index in [1.54, 1.807) is 0 Å². The molecule has 0 spiro atoms. The van der Waals surface area contributed by atoms with Crippen molar-refractivity contribution in [1.82, 2.24) is 9.97 Å². The summed E-state index contributed by atoms with van der Waals surface area (Å²) in [5.41, 5.74) is -1.31. The summed E-state index contributed by atoms with van der Waals surface area (Å²) < 4.78 is 10.3. The highest BCUT2D eigenvalue weighted by atomic mass is 16.5. The van der Waals surface area contributed by atoms with Gasteiger partial charge in [-0.05, 0) is 6.92 Å². The van der Waals surface area contributed by atoms with Crippen molar-refractivity contribution in [2.24, 2.45) is 0 Å². The molecular formula is C11H17N3O4. The van der Waals surface area contributed by atoms with Crippen LogP contribution in [-0.2, 0) is 4.74 Å². The van der Waals surface area contributed by atoms with E-state index in [-0.39, 0.29) is 24.0 Å². The average molecular weight is 255 g/mol. The van der Waals surface area contributed by atoms with Crippen LogP contribution in [0.4, 0.5) is 5.82 Å². The molecule has 2 atom stereocenters. The molecular weight excluding hydrogens is 238 g/mol. The predicted octanol–water partition coefficient (Wildman–Crippen LogP) is -0.270. The summed E-state index contributed by atoms with van der Waals surface area (Å²) >= 11 is 0. The fourth-order valence-corrected chi connectivity index (χ4v) is 1.94. The normalized spacial score (nSPS) is 27.2. The number of H-pyrrole nitrogens is 1. The quantitative estimate of drug-likeness (QED) is 0.685. The summed E-state index contributed by atoms with van der Waals surface area (Å²) in [6, 6.07) is 0. The van der Waals surface area contributed by atoms with Gasteiger partial charge < -0.3 is 24.9 Å². The Kier molecular flexibility index (Phi) is 3.53. The van der Waals surface area contributed by atoms with E-state index in [1.807, 2.05) is 6.92 Å².